The summed E-state index contributed by atoms with van der Waals surface area (Å²) in [5.74, 6) is -0.0345. The van der Waals surface area contributed by atoms with E-state index < -0.39 is 17.7 Å². The first-order valence-electron chi connectivity index (χ1n) is 6.48. The highest BCUT2D eigenvalue weighted by atomic mass is 16.6. The molecular weight excluding hydrogens is 242 g/mol. The summed E-state index contributed by atoms with van der Waals surface area (Å²) in [4.78, 5) is 23.9. The zero-order valence-corrected chi connectivity index (χ0v) is 11.5. The van der Waals surface area contributed by atoms with Gasteiger partial charge in [0.2, 0.25) is 0 Å². The van der Waals surface area contributed by atoms with Gasteiger partial charge >= 0.3 is 6.09 Å². The van der Waals surface area contributed by atoms with Gasteiger partial charge in [0.05, 0.1) is 6.04 Å². The second-order valence-corrected chi connectivity index (χ2v) is 5.76. The van der Waals surface area contributed by atoms with Gasteiger partial charge in [0.15, 0.2) is 5.78 Å². The second-order valence-electron chi connectivity index (χ2n) is 5.76. The number of benzene rings is 1. The lowest BCUT2D eigenvalue weighted by Gasteiger charge is -2.26. The number of carbonyl (C=O) groups excluding carboxylic acids is 2. The van der Waals surface area contributed by atoms with Crippen molar-refractivity contribution in [2.45, 2.75) is 45.3 Å². The van der Waals surface area contributed by atoms with Crippen LogP contribution in [0.3, 0.4) is 0 Å². The molecule has 0 radical (unpaired) electrons. The third-order valence-electron chi connectivity index (χ3n) is 2.99. The van der Waals surface area contributed by atoms with Gasteiger partial charge in [-0.15, -0.1) is 0 Å². The fourth-order valence-electron chi connectivity index (χ4n) is 2.18. The molecule has 1 amide bonds. The highest BCUT2D eigenvalue weighted by Gasteiger charge is 2.29. The minimum Gasteiger partial charge on any atom is -0.444 e. The molecule has 0 unspecified atom stereocenters. The molecule has 1 aromatic rings. The first kappa shape index (κ1) is 13.6. The summed E-state index contributed by atoms with van der Waals surface area (Å²) in [7, 11) is 0. The molecular formula is C15H19NO3. The summed E-state index contributed by atoms with van der Waals surface area (Å²) in [5.41, 5.74) is 1.20. The van der Waals surface area contributed by atoms with Crippen LogP contribution in [0.5, 0.6) is 0 Å². The maximum Gasteiger partial charge on any atom is 0.408 e. The van der Waals surface area contributed by atoms with Crippen LogP contribution in [0, 0.1) is 0 Å². The Morgan fingerprint density at radius 1 is 1.32 bits per heavy atom. The lowest BCUT2D eigenvalue weighted by atomic mass is 9.87. The van der Waals surface area contributed by atoms with E-state index in [0.29, 0.717) is 12.0 Å². The maximum atomic E-state index is 12.2. The number of fused-ring (bicyclic) bond motifs is 1. The van der Waals surface area contributed by atoms with Crippen LogP contribution in [0.4, 0.5) is 4.79 Å². The number of Topliss-reactive ketones (excluding diaryl/α,β-unsaturated/α-hetero) is 1. The van der Waals surface area contributed by atoms with E-state index in [1.165, 1.54) is 0 Å². The minimum absolute atomic E-state index is 0.0345. The van der Waals surface area contributed by atoms with E-state index in [4.69, 9.17) is 4.74 Å². The zero-order valence-electron chi connectivity index (χ0n) is 11.5. The summed E-state index contributed by atoms with van der Waals surface area (Å²) < 4.78 is 5.17. The van der Waals surface area contributed by atoms with Crippen LogP contribution < -0.4 is 5.32 Å². The standard InChI is InChI=1S/C15H19NO3/c1-15(2,3)19-14(18)16-12-9-8-10-6-4-5-7-11(10)13(12)17/h4-7,12H,8-9H2,1-3H3,(H,16,18)/t12-/m0/s1. The average molecular weight is 261 g/mol. The summed E-state index contributed by atoms with van der Waals surface area (Å²) in [5, 5.41) is 2.66. The monoisotopic (exact) mass is 261 g/mol. The van der Waals surface area contributed by atoms with Crippen LogP contribution in [-0.4, -0.2) is 23.5 Å². The Morgan fingerprint density at radius 2 is 2.00 bits per heavy atom. The molecule has 0 bridgehead atoms. The molecule has 0 fully saturated rings. The predicted octanol–water partition coefficient (Wildman–Crippen LogP) is 2.71. The van der Waals surface area contributed by atoms with Gasteiger partial charge in [-0.1, -0.05) is 24.3 Å². The molecule has 1 aliphatic carbocycles. The largest absolute Gasteiger partial charge is 0.444 e. The molecule has 0 saturated carbocycles. The smallest absolute Gasteiger partial charge is 0.408 e. The molecule has 0 heterocycles. The number of hydrogen-bond acceptors (Lipinski definition) is 3. The molecule has 1 N–H and O–H groups in total. The fraction of sp³-hybridized carbons (Fsp3) is 0.467. The lowest BCUT2D eigenvalue weighted by Crippen LogP contribution is -2.45. The highest BCUT2D eigenvalue weighted by molar-refractivity contribution is 6.03. The Bertz CT molecular complexity index is 502. The summed E-state index contributed by atoms with van der Waals surface area (Å²) >= 11 is 0. The van der Waals surface area contributed by atoms with Crippen molar-refractivity contribution in [3.05, 3.63) is 35.4 Å². The van der Waals surface area contributed by atoms with Crippen LogP contribution in [0.15, 0.2) is 24.3 Å². The van der Waals surface area contributed by atoms with E-state index in [1.54, 1.807) is 26.8 Å². The second kappa shape index (κ2) is 5.03. The number of ketones is 1. The third kappa shape index (κ3) is 3.34. The minimum atomic E-state index is -0.556. The van der Waals surface area contributed by atoms with Crippen LogP contribution in [-0.2, 0) is 11.2 Å². The van der Waals surface area contributed by atoms with Crippen molar-refractivity contribution in [1.29, 1.82) is 0 Å². The van der Waals surface area contributed by atoms with Crippen molar-refractivity contribution < 1.29 is 14.3 Å². The molecule has 4 heteroatoms. The van der Waals surface area contributed by atoms with Gasteiger partial charge in [-0.2, -0.15) is 0 Å². The molecule has 19 heavy (non-hydrogen) atoms. The number of rotatable bonds is 1. The van der Waals surface area contributed by atoms with Crippen LogP contribution >= 0.6 is 0 Å². The molecule has 102 valence electrons. The quantitative estimate of drug-likeness (QED) is 0.845. The Kier molecular flexibility index (Phi) is 3.60. The van der Waals surface area contributed by atoms with Gasteiger partial charge in [0, 0.05) is 5.56 Å². The van der Waals surface area contributed by atoms with Crippen LogP contribution in [0.1, 0.15) is 43.1 Å². The van der Waals surface area contributed by atoms with Crippen molar-refractivity contribution in [3.8, 4) is 0 Å². The van der Waals surface area contributed by atoms with Crippen molar-refractivity contribution in [2.24, 2.45) is 0 Å². The lowest BCUT2D eigenvalue weighted by molar-refractivity contribution is 0.0486. The SMILES string of the molecule is CC(C)(C)OC(=O)N[C@H]1CCc2ccccc2C1=O. The third-order valence-corrected chi connectivity index (χ3v) is 2.99. The average Bonchev–Trinajstić information content (AvgIpc) is 2.31. The predicted molar refractivity (Wildman–Crippen MR) is 72.3 cm³/mol. The van der Waals surface area contributed by atoms with E-state index in [0.717, 1.165) is 12.0 Å². The Balaban J connectivity index is 2.05. The molecule has 0 saturated heterocycles. The molecule has 4 nitrogen and oxygen atoms in total. The van der Waals surface area contributed by atoms with Crippen molar-refractivity contribution >= 4 is 11.9 Å². The molecule has 0 aliphatic heterocycles. The van der Waals surface area contributed by atoms with Gasteiger partial charge in [-0.05, 0) is 39.2 Å². The topological polar surface area (TPSA) is 55.4 Å². The number of carbonyl (C=O) groups is 2. The number of amides is 1. The summed E-state index contributed by atoms with van der Waals surface area (Å²) in [6.07, 6.45) is 0.877. The summed E-state index contributed by atoms with van der Waals surface area (Å²) in [6.45, 7) is 5.39. The van der Waals surface area contributed by atoms with E-state index in [-0.39, 0.29) is 5.78 Å². The number of alkyl carbamates (subject to hydrolysis) is 1. The van der Waals surface area contributed by atoms with Gasteiger partial charge < -0.3 is 10.1 Å². The summed E-state index contributed by atoms with van der Waals surface area (Å²) in [6, 6.07) is 7.04. The normalized spacial score (nSPS) is 18.7. The number of hydrogen-bond donors (Lipinski definition) is 1. The van der Waals surface area contributed by atoms with Gasteiger partial charge in [-0.25, -0.2) is 4.79 Å². The maximum absolute atomic E-state index is 12.2. The Hall–Kier alpha value is -1.84. The van der Waals surface area contributed by atoms with Gasteiger partial charge in [0.25, 0.3) is 0 Å². The van der Waals surface area contributed by atoms with Crippen molar-refractivity contribution in [2.75, 3.05) is 0 Å². The first-order valence-corrected chi connectivity index (χ1v) is 6.48. The van der Waals surface area contributed by atoms with Crippen molar-refractivity contribution in [3.63, 3.8) is 0 Å². The highest BCUT2D eigenvalue weighted by Crippen LogP contribution is 2.21. The molecule has 0 aromatic heterocycles. The van der Waals surface area contributed by atoms with Crippen molar-refractivity contribution in [1.82, 2.24) is 5.32 Å². The molecule has 1 atom stereocenters. The van der Waals surface area contributed by atoms with E-state index in [9.17, 15) is 9.59 Å². The van der Waals surface area contributed by atoms with Crippen LogP contribution in [0.25, 0.3) is 0 Å². The Labute approximate surface area is 113 Å². The first-order chi connectivity index (χ1) is 8.87. The zero-order chi connectivity index (χ0) is 14.0. The Morgan fingerprint density at radius 3 is 2.68 bits per heavy atom. The van der Waals surface area contributed by atoms with E-state index in [1.807, 2.05) is 18.2 Å². The number of aryl methyl sites for hydroxylation is 1. The van der Waals surface area contributed by atoms with Crippen LogP contribution in [0.2, 0.25) is 0 Å². The van der Waals surface area contributed by atoms with E-state index in [2.05, 4.69) is 5.32 Å². The van der Waals surface area contributed by atoms with Gasteiger partial charge in [-0.3, -0.25) is 4.79 Å². The fourth-order valence-corrected chi connectivity index (χ4v) is 2.18. The molecule has 1 aliphatic rings. The molecule has 2 rings (SSSR count). The molecule has 1 aromatic carbocycles. The number of ether oxygens (including phenoxy) is 1. The van der Waals surface area contributed by atoms with E-state index >= 15 is 0 Å². The number of nitrogens with one attached hydrogen (secondary N) is 1. The molecule has 0 spiro atoms. The van der Waals surface area contributed by atoms with Gasteiger partial charge in [0.1, 0.15) is 5.60 Å².